The Bertz CT molecular complexity index is 930. The first-order valence-electron chi connectivity index (χ1n) is 7.04. The summed E-state index contributed by atoms with van der Waals surface area (Å²) in [7, 11) is 1.31. The van der Waals surface area contributed by atoms with Gasteiger partial charge >= 0.3 is 6.61 Å². The molecule has 0 saturated carbocycles. The fraction of sp³-hybridized carbons (Fsp3) is 0.125. The van der Waals surface area contributed by atoms with Gasteiger partial charge in [0.2, 0.25) is 5.82 Å². The molecular formula is C16H10Cl2F2N2O3S. The molecule has 0 amide bonds. The lowest BCUT2D eigenvalue weighted by Gasteiger charge is -2.12. The molecule has 0 atom stereocenters. The number of rotatable bonds is 6. The van der Waals surface area contributed by atoms with Crippen LogP contribution in [-0.2, 0) is 0 Å². The lowest BCUT2D eigenvalue weighted by molar-refractivity contribution is -0.0511. The number of halogens is 4. The molecule has 2 aromatic heterocycles. The molecule has 5 nitrogen and oxygen atoms in total. The summed E-state index contributed by atoms with van der Waals surface area (Å²) < 4.78 is 39.5. The van der Waals surface area contributed by atoms with E-state index in [1.54, 1.807) is 0 Å². The molecule has 136 valence electrons. The van der Waals surface area contributed by atoms with Crippen molar-refractivity contribution >= 4 is 45.6 Å². The molecule has 0 aliphatic rings. The van der Waals surface area contributed by atoms with Crippen LogP contribution >= 0.6 is 34.5 Å². The summed E-state index contributed by atoms with van der Waals surface area (Å²) in [5.74, 6) is 0.299. The van der Waals surface area contributed by atoms with Crippen molar-refractivity contribution in [2.24, 2.45) is 0 Å². The quantitative estimate of drug-likeness (QED) is 0.506. The van der Waals surface area contributed by atoms with Gasteiger partial charge in [0.15, 0.2) is 11.5 Å². The molecule has 0 spiro atoms. The number of ether oxygens (including phenoxy) is 2. The molecular weight excluding hydrogens is 409 g/mol. The molecule has 2 heterocycles. The molecule has 3 aromatic rings. The van der Waals surface area contributed by atoms with Crippen LogP contribution in [0, 0.1) is 0 Å². The standard InChI is InChI=1S/C16H10Cl2F2N2O3S/c1-23-12-6-8(4-10(17)13(12)24-16(19)20)5-11(18)15-21-14(22-25-15)9-2-3-26-7-9/h2-7,16H,1H3. The van der Waals surface area contributed by atoms with Gasteiger partial charge in [0, 0.05) is 10.9 Å². The van der Waals surface area contributed by atoms with Crippen molar-refractivity contribution in [1.82, 2.24) is 10.1 Å². The first kappa shape index (κ1) is 18.6. The number of aromatic nitrogens is 2. The van der Waals surface area contributed by atoms with E-state index < -0.39 is 6.61 Å². The van der Waals surface area contributed by atoms with Crippen LogP contribution in [0.4, 0.5) is 8.78 Å². The smallest absolute Gasteiger partial charge is 0.387 e. The van der Waals surface area contributed by atoms with Gasteiger partial charge in [0.25, 0.3) is 5.89 Å². The monoisotopic (exact) mass is 418 g/mol. The topological polar surface area (TPSA) is 57.4 Å². The maximum atomic E-state index is 12.5. The number of methoxy groups -OCH3 is 1. The average Bonchev–Trinajstić information content (AvgIpc) is 3.27. The first-order valence-corrected chi connectivity index (χ1v) is 8.74. The Morgan fingerprint density at radius 3 is 2.85 bits per heavy atom. The van der Waals surface area contributed by atoms with E-state index in [1.165, 1.54) is 36.7 Å². The van der Waals surface area contributed by atoms with Crippen molar-refractivity contribution in [2.45, 2.75) is 6.61 Å². The molecule has 0 fully saturated rings. The summed E-state index contributed by atoms with van der Waals surface area (Å²) in [5.41, 5.74) is 1.29. The van der Waals surface area contributed by atoms with E-state index in [0.29, 0.717) is 11.4 Å². The van der Waals surface area contributed by atoms with Crippen LogP contribution in [0.15, 0.2) is 33.5 Å². The zero-order valence-corrected chi connectivity index (χ0v) is 15.4. The van der Waals surface area contributed by atoms with Crippen LogP contribution < -0.4 is 9.47 Å². The number of hydrogen-bond acceptors (Lipinski definition) is 6. The Morgan fingerprint density at radius 1 is 1.38 bits per heavy atom. The van der Waals surface area contributed by atoms with E-state index >= 15 is 0 Å². The Morgan fingerprint density at radius 2 is 2.19 bits per heavy atom. The Labute approximate surface area is 160 Å². The second kappa shape index (κ2) is 8.03. The predicted molar refractivity (Wildman–Crippen MR) is 96.0 cm³/mol. The van der Waals surface area contributed by atoms with Gasteiger partial charge in [-0.2, -0.15) is 25.1 Å². The minimum absolute atomic E-state index is 0.0398. The van der Waals surface area contributed by atoms with Gasteiger partial charge < -0.3 is 14.0 Å². The summed E-state index contributed by atoms with van der Waals surface area (Å²) in [6.45, 7) is -3.03. The molecule has 0 bridgehead atoms. The maximum Gasteiger partial charge on any atom is 0.387 e. The van der Waals surface area contributed by atoms with Gasteiger partial charge in [0.1, 0.15) is 5.03 Å². The Kier molecular flexibility index (Phi) is 5.75. The fourth-order valence-corrected chi connectivity index (χ4v) is 3.16. The largest absolute Gasteiger partial charge is 0.493 e. The van der Waals surface area contributed by atoms with Gasteiger partial charge in [-0.05, 0) is 35.2 Å². The van der Waals surface area contributed by atoms with Gasteiger partial charge in [-0.3, -0.25) is 0 Å². The predicted octanol–water partition coefficient (Wildman–Crippen LogP) is 5.80. The van der Waals surface area contributed by atoms with Crippen LogP contribution in [0.3, 0.4) is 0 Å². The highest BCUT2D eigenvalue weighted by Gasteiger charge is 2.17. The van der Waals surface area contributed by atoms with Crippen LogP contribution in [0.2, 0.25) is 5.02 Å². The summed E-state index contributed by atoms with van der Waals surface area (Å²) in [5, 5.41) is 7.72. The molecule has 3 rings (SSSR count). The number of alkyl halides is 2. The summed E-state index contributed by atoms with van der Waals surface area (Å²) in [6, 6.07) is 4.70. The normalized spacial score (nSPS) is 11.8. The number of nitrogens with zero attached hydrogens (tertiary/aromatic N) is 2. The lowest BCUT2D eigenvalue weighted by atomic mass is 10.2. The SMILES string of the molecule is COc1cc(C=C(Cl)c2nc(-c3ccsc3)no2)cc(Cl)c1OC(F)F. The van der Waals surface area contributed by atoms with Gasteiger partial charge in [-0.15, -0.1) is 0 Å². The molecule has 0 aliphatic heterocycles. The van der Waals surface area contributed by atoms with Crippen LogP contribution in [-0.4, -0.2) is 23.9 Å². The van der Waals surface area contributed by atoms with Crippen molar-refractivity contribution in [3.05, 3.63) is 45.4 Å². The van der Waals surface area contributed by atoms with E-state index in [4.69, 9.17) is 32.5 Å². The number of hydrogen-bond donors (Lipinski definition) is 0. The second-order valence-corrected chi connectivity index (χ2v) is 6.43. The Balaban J connectivity index is 1.90. The van der Waals surface area contributed by atoms with Crippen molar-refractivity contribution in [2.75, 3.05) is 7.11 Å². The van der Waals surface area contributed by atoms with E-state index in [2.05, 4.69) is 14.9 Å². The third-order valence-electron chi connectivity index (χ3n) is 3.16. The highest BCUT2D eigenvalue weighted by molar-refractivity contribution is 7.08. The molecule has 10 heteroatoms. The molecule has 0 unspecified atom stereocenters. The van der Waals surface area contributed by atoms with Crippen LogP contribution in [0.5, 0.6) is 11.5 Å². The van der Waals surface area contributed by atoms with Crippen LogP contribution in [0.1, 0.15) is 11.5 Å². The van der Waals surface area contributed by atoms with E-state index in [0.717, 1.165) is 5.56 Å². The fourth-order valence-electron chi connectivity index (χ4n) is 2.06. The average molecular weight is 419 g/mol. The molecule has 0 radical (unpaired) electrons. The lowest BCUT2D eigenvalue weighted by Crippen LogP contribution is -2.04. The zero-order valence-electron chi connectivity index (χ0n) is 13.1. The van der Waals surface area contributed by atoms with Crippen molar-refractivity contribution in [1.29, 1.82) is 0 Å². The Hall–Kier alpha value is -2.16. The van der Waals surface area contributed by atoms with Crippen LogP contribution in [0.25, 0.3) is 22.5 Å². The minimum Gasteiger partial charge on any atom is -0.493 e. The van der Waals surface area contributed by atoms with Gasteiger partial charge in [-0.1, -0.05) is 28.4 Å². The summed E-state index contributed by atoms with van der Waals surface area (Å²) in [4.78, 5) is 4.21. The molecule has 0 saturated heterocycles. The highest BCUT2D eigenvalue weighted by Crippen LogP contribution is 2.38. The van der Waals surface area contributed by atoms with E-state index in [-0.39, 0.29) is 27.4 Å². The zero-order chi connectivity index (χ0) is 18.7. The number of thiophene rings is 1. The highest BCUT2D eigenvalue weighted by atomic mass is 35.5. The first-order chi connectivity index (χ1) is 12.5. The van der Waals surface area contributed by atoms with E-state index in [1.807, 2.05) is 16.8 Å². The molecule has 0 aliphatic carbocycles. The van der Waals surface area contributed by atoms with Gasteiger partial charge in [0.05, 0.1) is 12.1 Å². The van der Waals surface area contributed by atoms with E-state index in [9.17, 15) is 8.78 Å². The summed E-state index contributed by atoms with van der Waals surface area (Å²) in [6.07, 6.45) is 1.49. The minimum atomic E-state index is -3.03. The maximum absolute atomic E-state index is 12.5. The summed E-state index contributed by atoms with van der Waals surface area (Å²) >= 11 is 13.7. The number of benzene rings is 1. The third-order valence-corrected chi connectivity index (χ3v) is 4.40. The molecule has 0 N–H and O–H groups in total. The van der Waals surface area contributed by atoms with Gasteiger partial charge in [-0.25, -0.2) is 0 Å². The van der Waals surface area contributed by atoms with Crippen molar-refractivity contribution in [3.8, 4) is 22.9 Å². The third kappa shape index (κ3) is 4.14. The van der Waals surface area contributed by atoms with Crippen molar-refractivity contribution in [3.63, 3.8) is 0 Å². The molecule has 26 heavy (non-hydrogen) atoms. The molecule has 1 aromatic carbocycles. The second-order valence-electron chi connectivity index (χ2n) is 4.84. The van der Waals surface area contributed by atoms with Crippen molar-refractivity contribution < 1.29 is 22.8 Å².